The maximum atomic E-state index is 13.4. The normalized spacial score (nSPS) is 28.9. The first kappa shape index (κ1) is 14.0. The lowest BCUT2D eigenvalue weighted by Crippen LogP contribution is -2.36. The van der Waals surface area contributed by atoms with E-state index in [4.69, 9.17) is 0 Å². The Morgan fingerprint density at radius 3 is 2.85 bits per heavy atom. The molecule has 0 bridgehead atoms. The lowest BCUT2D eigenvalue weighted by Gasteiger charge is -2.31. The van der Waals surface area contributed by atoms with E-state index in [1.54, 1.807) is 12.1 Å². The first-order valence-corrected chi connectivity index (χ1v) is 7.60. The van der Waals surface area contributed by atoms with Gasteiger partial charge in [0.05, 0.1) is 6.10 Å². The van der Waals surface area contributed by atoms with Crippen LogP contribution in [0, 0.1) is 11.7 Å². The highest BCUT2D eigenvalue weighted by atomic mass is 19.1. The molecule has 2 fully saturated rings. The van der Waals surface area contributed by atoms with E-state index in [1.165, 1.54) is 18.9 Å². The number of likely N-dealkylation sites (tertiary alicyclic amines) is 1. The van der Waals surface area contributed by atoms with Gasteiger partial charge in [0, 0.05) is 19.1 Å². The van der Waals surface area contributed by atoms with Crippen LogP contribution in [0.25, 0.3) is 0 Å². The maximum Gasteiger partial charge on any atom is 0.123 e. The standard InChI is InChI=1S/C16H23FN2O/c17-14-3-1-2-13(8-14)16-9-15(20)11-19(16)10-12-4-6-18-7-5-12/h1-3,8,12,15-16,18,20H,4-7,9-11H2. The molecule has 1 aromatic carbocycles. The zero-order valence-electron chi connectivity index (χ0n) is 11.8. The monoisotopic (exact) mass is 278 g/mol. The number of piperidine rings is 1. The van der Waals surface area contributed by atoms with Crippen LogP contribution in [0.15, 0.2) is 24.3 Å². The molecule has 3 rings (SSSR count). The van der Waals surface area contributed by atoms with Crippen LogP contribution in [-0.4, -0.2) is 42.3 Å². The molecule has 2 aliphatic rings. The quantitative estimate of drug-likeness (QED) is 0.887. The van der Waals surface area contributed by atoms with Gasteiger partial charge in [-0.2, -0.15) is 0 Å². The van der Waals surface area contributed by atoms with Gasteiger partial charge in [0.15, 0.2) is 0 Å². The van der Waals surface area contributed by atoms with Crippen molar-refractivity contribution in [2.75, 3.05) is 26.2 Å². The predicted octanol–water partition coefficient (Wildman–Crippen LogP) is 1.93. The maximum absolute atomic E-state index is 13.4. The average molecular weight is 278 g/mol. The Morgan fingerprint density at radius 1 is 1.30 bits per heavy atom. The van der Waals surface area contributed by atoms with E-state index in [0.717, 1.165) is 25.2 Å². The highest BCUT2D eigenvalue weighted by molar-refractivity contribution is 5.21. The van der Waals surface area contributed by atoms with E-state index in [9.17, 15) is 9.50 Å². The third-order valence-corrected chi connectivity index (χ3v) is 4.57. The number of β-amino-alcohol motifs (C(OH)–C–C–N with tert-alkyl or cyclic N) is 1. The Hall–Kier alpha value is -0.970. The summed E-state index contributed by atoms with van der Waals surface area (Å²) in [6.07, 6.45) is 2.82. The Kier molecular flexibility index (Phi) is 4.34. The van der Waals surface area contributed by atoms with Crippen molar-refractivity contribution in [2.24, 2.45) is 5.92 Å². The second-order valence-electron chi connectivity index (χ2n) is 6.11. The molecule has 0 aromatic heterocycles. The highest BCUT2D eigenvalue weighted by Gasteiger charge is 2.33. The van der Waals surface area contributed by atoms with Crippen LogP contribution in [0.5, 0.6) is 0 Å². The van der Waals surface area contributed by atoms with Gasteiger partial charge in [0.25, 0.3) is 0 Å². The van der Waals surface area contributed by atoms with Crippen molar-refractivity contribution in [1.82, 2.24) is 10.2 Å². The van der Waals surface area contributed by atoms with Gasteiger partial charge in [0.1, 0.15) is 5.82 Å². The summed E-state index contributed by atoms with van der Waals surface area (Å²) in [5.41, 5.74) is 0.996. The number of nitrogens with zero attached hydrogens (tertiary/aromatic N) is 1. The molecule has 2 N–H and O–H groups in total. The van der Waals surface area contributed by atoms with E-state index < -0.39 is 0 Å². The molecule has 110 valence electrons. The van der Waals surface area contributed by atoms with Gasteiger partial charge < -0.3 is 10.4 Å². The molecule has 0 saturated carbocycles. The Balaban J connectivity index is 1.71. The third kappa shape index (κ3) is 3.19. The molecule has 0 spiro atoms. The first-order valence-electron chi connectivity index (χ1n) is 7.60. The minimum Gasteiger partial charge on any atom is -0.392 e. The van der Waals surface area contributed by atoms with Gasteiger partial charge in [-0.1, -0.05) is 12.1 Å². The molecule has 0 aliphatic carbocycles. The van der Waals surface area contributed by atoms with Crippen LogP contribution >= 0.6 is 0 Å². The summed E-state index contributed by atoms with van der Waals surface area (Å²) in [5.74, 6) is 0.503. The molecule has 4 heteroatoms. The molecule has 2 saturated heterocycles. The van der Waals surface area contributed by atoms with Crippen LogP contribution < -0.4 is 5.32 Å². The van der Waals surface area contributed by atoms with Crippen LogP contribution in [0.4, 0.5) is 4.39 Å². The molecule has 1 aromatic rings. The van der Waals surface area contributed by atoms with E-state index in [0.29, 0.717) is 18.9 Å². The summed E-state index contributed by atoms with van der Waals surface area (Å²) in [6, 6.07) is 6.99. The fourth-order valence-electron chi connectivity index (χ4n) is 3.54. The largest absolute Gasteiger partial charge is 0.392 e. The summed E-state index contributed by atoms with van der Waals surface area (Å²) < 4.78 is 13.4. The number of hydrogen-bond donors (Lipinski definition) is 2. The van der Waals surface area contributed by atoms with Crippen LogP contribution in [0.1, 0.15) is 30.9 Å². The number of nitrogens with one attached hydrogen (secondary N) is 1. The van der Waals surface area contributed by atoms with E-state index in [-0.39, 0.29) is 18.0 Å². The number of aliphatic hydroxyl groups excluding tert-OH is 1. The number of hydrogen-bond acceptors (Lipinski definition) is 3. The van der Waals surface area contributed by atoms with Crippen molar-refractivity contribution < 1.29 is 9.50 Å². The molecule has 3 nitrogen and oxygen atoms in total. The van der Waals surface area contributed by atoms with E-state index in [2.05, 4.69) is 10.2 Å². The summed E-state index contributed by atoms with van der Waals surface area (Å²) in [4.78, 5) is 2.34. The Labute approximate surface area is 119 Å². The van der Waals surface area contributed by atoms with Crippen molar-refractivity contribution in [3.63, 3.8) is 0 Å². The predicted molar refractivity (Wildman–Crippen MR) is 76.9 cm³/mol. The van der Waals surface area contributed by atoms with Gasteiger partial charge in [0.2, 0.25) is 0 Å². The average Bonchev–Trinajstić information content (AvgIpc) is 2.81. The molecular weight excluding hydrogens is 255 g/mol. The number of rotatable bonds is 3. The lowest BCUT2D eigenvalue weighted by atomic mass is 9.96. The number of benzene rings is 1. The van der Waals surface area contributed by atoms with Crippen LogP contribution in [0.3, 0.4) is 0 Å². The molecule has 0 radical (unpaired) electrons. The minimum atomic E-state index is -0.287. The van der Waals surface area contributed by atoms with Crippen molar-refractivity contribution in [1.29, 1.82) is 0 Å². The molecule has 0 amide bonds. The van der Waals surface area contributed by atoms with Gasteiger partial charge in [-0.3, -0.25) is 4.90 Å². The van der Waals surface area contributed by atoms with Gasteiger partial charge in [-0.25, -0.2) is 4.39 Å². The van der Waals surface area contributed by atoms with Crippen molar-refractivity contribution in [3.8, 4) is 0 Å². The lowest BCUT2D eigenvalue weighted by molar-refractivity contribution is 0.157. The number of aliphatic hydroxyl groups is 1. The second-order valence-corrected chi connectivity index (χ2v) is 6.11. The molecule has 2 aliphatic heterocycles. The van der Waals surface area contributed by atoms with Crippen molar-refractivity contribution in [3.05, 3.63) is 35.6 Å². The number of halogens is 1. The Bertz CT molecular complexity index is 448. The zero-order chi connectivity index (χ0) is 13.9. The first-order chi connectivity index (χ1) is 9.72. The Morgan fingerprint density at radius 2 is 2.10 bits per heavy atom. The molecular formula is C16H23FN2O. The van der Waals surface area contributed by atoms with E-state index in [1.807, 2.05) is 6.07 Å². The van der Waals surface area contributed by atoms with Crippen LogP contribution in [0.2, 0.25) is 0 Å². The SMILES string of the molecule is OC1CC(c2cccc(F)c2)N(CC2CCNCC2)C1. The summed E-state index contributed by atoms with van der Waals surface area (Å²) in [6.45, 7) is 3.91. The van der Waals surface area contributed by atoms with Crippen LogP contribution in [-0.2, 0) is 0 Å². The highest BCUT2D eigenvalue weighted by Crippen LogP contribution is 2.33. The summed E-state index contributed by atoms with van der Waals surface area (Å²) in [5, 5.41) is 13.4. The smallest absolute Gasteiger partial charge is 0.123 e. The fraction of sp³-hybridized carbons (Fsp3) is 0.625. The van der Waals surface area contributed by atoms with Gasteiger partial charge in [-0.15, -0.1) is 0 Å². The van der Waals surface area contributed by atoms with Gasteiger partial charge >= 0.3 is 0 Å². The molecule has 2 atom stereocenters. The molecule has 2 unspecified atom stereocenters. The van der Waals surface area contributed by atoms with Crippen molar-refractivity contribution in [2.45, 2.75) is 31.4 Å². The summed E-state index contributed by atoms with van der Waals surface area (Å²) >= 11 is 0. The van der Waals surface area contributed by atoms with Crippen molar-refractivity contribution >= 4 is 0 Å². The topological polar surface area (TPSA) is 35.5 Å². The minimum absolute atomic E-state index is 0.163. The zero-order valence-corrected chi connectivity index (χ0v) is 11.8. The van der Waals surface area contributed by atoms with Gasteiger partial charge in [-0.05, 0) is 56.0 Å². The fourth-order valence-corrected chi connectivity index (χ4v) is 3.54. The second kappa shape index (κ2) is 6.20. The third-order valence-electron chi connectivity index (χ3n) is 4.57. The molecule has 2 heterocycles. The summed E-state index contributed by atoms with van der Waals surface area (Å²) in [7, 11) is 0. The molecule has 20 heavy (non-hydrogen) atoms. The van der Waals surface area contributed by atoms with E-state index >= 15 is 0 Å².